The Morgan fingerprint density at radius 1 is 1.30 bits per heavy atom. The zero-order valence-corrected chi connectivity index (χ0v) is 23.1. The van der Waals surface area contributed by atoms with Gasteiger partial charge < -0.3 is 35.2 Å². The molecule has 0 saturated carbocycles. The third kappa shape index (κ3) is 6.10. The number of fused-ring (bicyclic) bond motifs is 7. The Morgan fingerprint density at radius 2 is 2.17 bits per heavy atom. The van der Waals surface area contributed by atoms with Crippen LogP contribution in [-0.4, -0.2) is 81.4 Å². The minimum absolute atomic E-state index is 0.101. The van der Waals surface area contributed by atoms with Crippen LogP contribution in [0, 0.1) is 6.92 Å². The van der Waals surface area contributed by atoms with Crippen LogP contribution in [0.25, 0.3) is 0 Å². The van der Waals surface area contributed by atoms with Crippen LogP contribution >= 0.6 is 0 Å². The third-order valence-electron chi connectivity index (χ3n) is 7.40. The molecule has 11 nitrogen and oxygen atoms in total. The van der Waals surface area contributed by atoms with Crippen molar-refractivity contribution in [3.05, 3.63) is 54.2 Å². The number of guanidine groups is 1. The standard InChI is InChI=1S/C29H37N7O4/c1-4-26(37)31-11-10-30-23-7-5-8-24-27(23)36-12-6-14-40-18-21-17-22(39-3)9-13-35(21)25-16-20(15-19(2)32-25)28(38)34-29(36)33-24/h4-5,7-8,15-16,21-22,30H,1,6,9-14,17-18H2,2-3H3,(H,31,37)(H,33,34,38). The van der Waals surface area contributed by atoms with E-state index in [9.17, 15) is 9.59 Å². The van der Waals surface area contributed by atoms with Gasteiger partial charge in [-0.05, 0) is 56.5 Å². The number of nitrogens with one attached hydrogen (secondary N) is 3. The molecule has 3 aliphatic heterocycles. The normalized spacial score (nSPS) is 22.1. The van der Waals surface area contributed by atoms with Crippen LogP contribution in [0.2, 0.25) is 0 Å². The summed E-state index contributed by atoms with van der Waals surface area (Å²) in [4.78, 5) is 38.6. The minimum Gasteiger partial charge on any atom is -0.382 e. The van der Waals surface area contributed by atoms with Crippen molar-refractivity contribution >= 4 is 40.7 Å². The molecule has 0 aliphatic carbocycles. The van der Waals surface area contributed by atoms with Gasteiger partial charge >= 0.3 is 0 Å². The second-order valence-corrected chi connectivity index (χ2v) is 10.2. The molecule has 212 valence electrons. The van der Waals surface area contributed by atoms with Gasteiger partial charge in [0.25, 0.3) is 5.91 Å². The lowest BCUT2D eigenvalue weighted by atomic mass is 9.99. The number of aryl methyl sites for hydroxylation is 1. The van der Waals surface area contributed by atoms with E-state index in [0.29, 0.717) is 44.4 Å². The van der Waals surface area contributed by atoms with Gasteiger partial charge in [-0.15, -0.1) is 0 Å². The van der Waals surface area contributed by atoms with E-state index in [0.717, 1.165) is 54.4 Å². The molecule has 40 heavy (non-hydrogen) atoms. The summed E-state index contributed by atoms with van der Waals surface area (Å²) in [5.74, 6) is 0.692. The van der Waals surface area contributed by atoms with E-state index in [4.69, 9.17) is 14.5 Å². The Hall–Kier alpha value is -3.96. The van der Waals surface area contributed by atoms with Crippen molar-refractivity contribution in [1.82, 2.24) is 10.3 Å². The van der Waals surface area contributed by atoms with Crippen LogP contribution < -0.4 is 25.8 Å². The molecule has 11 heteroatoms. The molecular weight excluding hydrogens is 510 g/mol. The monoisotopic (exact) mass is 547 g/mol. The number of pyridine rings is 1. The van der Waals surface area contributed by atoms with E-state index in [-0.39, 0.29) is 24.0 Å². The molecule has 2 unspecified atom stereocenters. The Bertz CT molecular complexity index is 1300. The van der Waals surface area contributed by atoms with Gasteiger partial charge in [0.2, 0.25) is 11.9 Å². The number of aliphatic imine (C=N–C) groups is 1. The summed E-state index contributed by atoms with van der Waals surface area (Å²) in [5, 5.41) is 9.51. The zero-order valence-electron chi connectivity index (χ0n) is 23.1. The number of piperidine rings is 1. The molecule has 3 N–H and O–H groups in total. The van der Waals surface area contributed by atoms with E-state index in [1.54, 1.807) is 13.2 Å². The second-order valence-electron chi connectivity index (χ2n) is 10.2. The Balaban J connectivity index is 1.43. The lowest BCUT2D eigenvalue weighted by molar-refractivity contribution is -0.116. The predicted octanol–water partition coefficient (Wildman–Crippen LogP) is 2.94. The van der Waals surface area contributed by atoms with Gasteiger partial charge in [0.15, 0.2) is 0 Å². The van der Waals surface area contributed by atoms with Crippen molar-refractivity contribution in [2.45, 2.75) is 38.3 Å². The van der Waals surface area contributed by atoms with Crippen LogP contribution in [-0.2, 0) is 14.3 Å². The van der Waals surface area contributed by atoms with Gasteiger partial charge in [0, 0.05) is 51.2 Å². The average Bonchev–Trinajstić information content (AvgIpc) is 3.31. The highest BCUT2D eigenvalue weighted by Gasteiger charge is 2.32. The van der Waals surface area contributed by atoms with Gasteiger partial charge in [0.1, 0.15) is 5.82 Å². The van der Waals surface area contributed by atoms with Gasteiger partial charge in [-0.25, -0.2) is 4.98 Å². The van der Waals surface area contributed by atoms with Crippen LogP contribution in [0.4, 0.5) is 22.9 Å². The quantitative estimate of drug-likeness (QED) is 0.370. The maximum Gasteiger partial charge on any atom is 0.280 e. The average molecular weight is 548 g/mol. The molecule has 5 rings (SSSR count). The number of rotatable bonds is 6. The van der Waals surface area contributed by atoms with Crippen LogP contribution in [0.15, 0.2) is 48.0 Å². The maximum atomic E-state index is 13.5. The largest absolute Gasteiger partial charge is 0.382 e. The predicted molar refractivity (Wildman–Crippen MR) is 156 cm³/mol. The third-order valence-corrected chi connectivity index (χ3v) is 7.40. The molecule has 3 aliphatic rings. The molecule has 0 spiro atoms. The van der Waals surface area contributed by atoms with E-state index >= 15 is 0 Å². The number of anilines is 4. The Morgan fingerprint density at radius 3 is 3.00 bits per heavy atom. The fourth-order valence-electron chi connectivity index (χ4n) is 5.45. The number of methoxy groups -OCH3 is 1. The first-order chi connectivity index (χ1) is 19.5. The Labute approximate surface area is 234 Å². The molecule has 1 aromatic carbocycles. The number of ether oxygens (including phenoxy) is 2. The summed E-state index contributed by atoms with van der Waals surface area (Å²) >= 11 is 0. The number of amides is 2. The molecule has 4 heterocycles. The fourth-order valence-corrected chi connectivity index (χ4v) is 5.45. The first-order valence-electron chi connectivity index (χ1n) is 13.8. The number of para-hydroxylation sites is 1. The fraction of sp³-hybridized carbons (Fsp3) is 0.448. The summed E-state index contributed by atoms with van der Waals surface area (Å²) in [6.07, 6.45) is 3.89. The highest BCUT2D eigenvalue weighted by molar-refractivity contribution is 6.21. The van der Waals surface area contributed by atoms with E-state index in [1.165, 1.54) is 6.08 Å². The number of carbonyl (C=O) groups excluding carboxylic acids is 2. The van der Waals surface area contributed by atoms with Gasteiger partial charge in [-0.2, -0.15) is 4.99 Å². The first kappa shape index (κ1) is 27.6. The van der Waals surface area contributed by atoms with Crippen molar-refractivity contribution in [2.75, 3.05) is 66.9 Å². The Kier molecular flexibility index (Phi) is 8.61. The van der Waals surface area contributed by atoms with Crippen LogP contribution in [0.5, 0.6) is 0 Å². The summed E-state index contributed by atoms with van der Waals surface area (Å²) < 4.78 is 11.9. The van der Waals surface area contributed by atoms with Crippen molar-refractivity contribution in [3.63, 3.8) is 0 Å². The highest BCUT2D eigenvalue weighted by atomic mass is 16.5. The second kappa shape index (κ2) is 12.5. The van der Waals surface area contributed by atoms with Crippen LogP contribution in [0.1, 0.15) is 35.3 Å². The number of nitrogens with zero attached hydrogens (tertiary/aromatic N) is 4. The highest BCUT2D eigenvalue weighted by Crippen LogP contribution is 2.39. The molecule has 1 aromatic heterocycles. The van der Waals surface area contributed by atoms with E-state index in [2.05, 4.69) is 32.4 Å². The summed E-state index contributed by atoms with van der Waals surface area (Å²) in [5.41, 5.74) is 3.89. The van der Waals surface area contributed by atoms with Crippen molar-refractivity contribution in [3.8, 4) is 0 Å². The maximum absolute atomic E-state index is 13.5. The summed E-state index contributed by atoms with van der Waals surface area (Å²) in [6, 6.07) is 9.60. The molecule has 0 radical (unpaired) electrons. The van der Waals surface area contributed by atoms with E-state index < -0.39 is 0 Å². The topological polar surface area (TPSA) is 120 Å². The number of aromatic nitrogens is 1. The lowest BCUT2D eigenvalue weighted by Crippen LogP contribution is -2.48. The molecule has 1 saturated heterocycles. The van der Waals surface area contributed by atoms with Crippen molar-refractivity contribution in [1.29, 1.82) is 0 Å². The number of hydrogen-bond acceptors (Lipinski definition) is 9. The molecule has 2 aromatic rings. The van der Waals surface area contributed by atoms with Gasteiger partial charge in [0.05, 0.1) is 35.8 Å². The molecule has 2 amide bonds. The molecular formula is C29H37N7O4. The minimum atomic E-state index is -0.328. The summed E-state index contributed by atoms with van der Waals surface area (Å²) in [7, 11) is 1.75. The SMILES string of the molecule is C=CC(=O)NCCNc1cccc2c1N1CCCOCC3CC(OC)CCN3c3cc(cc(C)n3)C(=O)/N=C/1N2. The van der Waals surface area contributed by atoms with Gasteiger partial charge in [-0.3, -0.25) is 9.59 Å². The van der Waals surface area contributed by atoms with Crippen LogP contribution in [0.3, 0.4) is 0 Å². The smallest absolute Gasteiger partial charge is 0.280 e. The van der Waals surface area contributed by atoms with E-state index in [1.807, 2.05) is 36.1 Å². The summed E-state index contributed by atoms with van der Waals surface area (Å²) in [6.45, 7) is 8.85. The number of carbonyl (C=O) groups is 2. The number of benzene rings is 1. The first-order valence-corrected chi connectivity index (χ1v) is 13.8. The molecule has 1 fully saturated rings. The van der Waals surface area contributed by atoms with Gasteiger partial charge in [-0.1, -0.05) is 12.6 Å². The molecule has 2 atom stereocenters. The van der Waals surface area contributed by atoms with Crippen molar-refractivity contribution in [2.24, 2.45) is 4.99 Å². The lowest BCUT2D eigenvalue weighted by Gasteiger charge is -2.40. The number of hydrogen-bond donors (Lipinski definition) is 3. The van der Waals surface area contributed by atoms with Crippen molar-refractivity contribution < 1.29 is 19.1 Å². The zero-order chi connectivity index (χ0) is 28.1. The molecule has 2 bridgehead atoms.